The van der Waals surface area contributed by atoms with Gasteiger partial charge < -0.3 is 10.5 Å². The lowest BCUT2D eigenvalue weighted by atomic mass is 10.0. The summed E-state index contributed by atoms with van der Waals surface area (Å²) >= 11 is 3.30. The zero-order chi connectivity index (χ0) is 9.42. The highest BCUT2D eigenvalue weighted by molar-refractivity contribution is 9.10. The van der Waals surface area contributed by atoms with Crippen LogP contribution in [0.4, 0.5) is 0 Å². The number of nitrogens with two attached hydrogens (primary N) is 1. The minimum absolute atomic E-state index is 0.0475. The molecule has 0 fully saturated rings. The molecular formula is C9H8BrNO2. The minimum Gasteiger partial charge on any atom is -0.491 e. The van der Waals surface area contributed by atoms with Gasteiger partial charge in [0.2, 0.25) is 0 Å². The normalized spacial score (nSPS) is 20.8. The van der Waals surface area contributed by atoms with Gasteiger partial charge in [-0.15, -0.1) is 0 Å². The van der Waals surface area contributed by atoms with E-state index in [1.165, 1.54) is 0 Å². The van der Waals surface area contributed by atoms with E-state index in [2.05, 4.69) is 15.9 Å². The molecule has 2 rings (SSSR count). The van der Waals surface area contributed by atoms with Crippen molar-refractivity contribution in [3.63, 3.8) is 0 Å². The van der Waals surface area contributed by atoms with Crippen molar-refractivity contribution in [2.45, 2.75) is 6.04 Å². The molecule has 0 radical (unpaired) electrons. The molecule has 1 aliphatic rings. The van der Waals surface area contributed by atoms with Gasteiger partial charge in [0.05, 0.1) is 5.56 Å². The third-order valence-corrected chi connectivity index (χ3v) is 2.46. The molecule has 1 aliphatic heterocycles. The lowest BCUT2D eigenvalue weighted by molar-refractivity contribution is 0.0899. The second-order valence-electron chi connectivity index (χ2n) is 2.92. The molecule has 0 aliphatic carbocycles. The first-order chi connectivity index (χ1) is 6.18. The number of ether oxygens (including phenoxy) is 1. The standard InChI is InChI=1S/C9H8BrNO2/c10-5-1-2-6-8(3-5)13-4-7(11)9(6)12/h1-3,7H,4,11H2/t7-/m1/s1. The van der Waals surface area contributed by atoms with Gasteiger partial charge in [0.25, 0.3) is 0 Å². The van der Waals surface area contributed by atoms with Crippen LogP contribution < -0.4 is 10.5 Å². The number of hydrogen-bond donors (Lipinski definition) is 1. The number of hydrogen-bond acceptors (Lipinski definition) is 3. The largest absolute Gasteiger partial charge is 0.491 e. The lowest BCUT2D eigenvalue weighted by Crippen LogP contribution is -2.40. The van der Waals surface area contributed by atoms with Crippen molar-refractivity contribution >= 4 is 21.7 Å². The summed E-state index contributed by atoms with van der Waals surface area (Å²) in [5.74, 6) is 0.565. The van der Waals surface area contributed by atoms with E-state index >= 15 is 0 Å². The predicted octanol–water partition coefficient (Wildman–Crippen LogP) is 1.35. The van der Waals surface area contributed by atoms with E-state index in [1.807, 2.05) is 0 Å². The summed E-state index contributed by atoms with van der Waals surface area (Å²) in [5, 5.41) is 0. The maximum Gasteiger partial charge on any atom is 0.186 e. The summed E-state index contributed by atoms with van der Waals surface area (Å²) in [6.45, 7) is 0.266. The van der Waals surface area contributed by atoms with Gasteiger partial charge in [-0.1, -0.05) is 15.9 Å². The van der Waals surface area contributed by atoms with Gasteiger partial charge in [-0.2, -0.15) is 0 Å². The Morgan fingerprint density at radius 3 is 3.08 bits per heavy atom. The number of Topliss-reactive ketones (excluding diaryl/α,β-unsaturated/α-hetero) is 1. The number of carbonyl (C=O) groups excluding carboxylic acids is 1. The maximum atomic E-state index is 11.5. The van der Waals surface area contributed by atoms with Crippen LogP contribution in [0, 0.1) is 0 Å². The topological polar surface area (TPSA) is 52.3 Å². The molecule has 13 heavy (non-hydrogen) atoms. The molecule has 1 aromatic rings. The number of carbonyl (C=O) groups is 1. The first-order valence-corrected chi connectivity index (χ1v) is 4.70. The van der Waals surface area contributed by atoms with Crippen LogP contribution in [0.15, 0.2) is 22.7 Å². The van der Waals surface area contributed by atoms with Crippen LogP contribution in [0.2, 0.25) is 0 Å². The molecule has 1 atom stereocenters. The van der Waals surface area contributed by atoms with Gasteiger partial charge in [-0.25, -0.2) is 0 Å². The number of rotatable bonds is 0. The third kappa shape index (κ3) is 1.47. The lowest BCUT2D eigenvalue weighted by Gasteiger charge is -2.21. The smallest absolute Gasteiger partial charge is 0.186 e. The number of halogens is 1. The van der Waals surface area contributed by atoms with Crippen LogP contribution in [0.1, 0.15) is 10.4 Å². The molecule has 3 nitrogen and oxygen atoms in total. The van der Waals surface area contributed by atoms with Crippen LogP contribution in [-0.2, 0) is 0 Å². The van der Waals surface area contributed by atoms with E-state index in [4.69, 9.17) is 10.5 Å². The zero-order valence-electron chi connectivity index (χ0n) is 6.79. The number of ketones is 1. The van der Waals surface area contributed by atoms with Crippen molar-refractivity contribution in [1.29, 1.82) is 0 Å². The molecule has 0 saturated carbocycles. The van der Waals surface area contributed by atoms with Crippen LogP contribution in [-0.4, -0.2) is 18.4 Å². The fourth-order valence-electron chi connectivity index (χ4n) is 1.27. The Morgan fingerprint density at radius 1 is 1.54 bits per heavy atom. The molecule has 0 saturated heterocycles. The Kier molecular flexibility index (Phi) is 2.09. The van der Waals surface area contributed by atoms with Crippen molar-refractivity contribution in [1.82, 2.24) is 0 Å². The van der Waals surface area contributed by atoms with E-state index < -0.39 is 6.04 Å². The van der Waals surface area contributed by atoms with E-state index in [0.29, 0.717) is 11.3 Å². The average Bonchev–Trinajstić information content (AvgIpc) is 2.12. The van der Waals surface area contributed by atoms with Gasteiger partial charge in [0, 0.05) is 4.47 Å². The highest BCUT2D eigenvalue weighted by atomic mass is 79.9. The first-order valence-electron chi connectivity index (χ1n) is 3.90. The maximum absolute atomic E-state index is 11.5. The van der Waals surface area contributed by atoms with Crippen LogP contribution in [0.25, 0.3) is 0 Å². The molecule has 0 bridgehead atoms. The summed E-state index contributed by atoms with van der Waals surface area (Å²) in [4.78, 5) is 11.5. The van der Waals surface area contributed by atoms with Crippen molar-refractivity contribution in [3.8, 4) is 5.75 Å². The zero-order valence-corrected chi connectivity index (χ0v) is 8.37. The molecule has 0 aromatic heterocycles. The SMILES string of the molecule is N[C@@H]1COc2cc(Br)ccc2C1=O. The van der Waals surface area contributed by atoms with E-state index in [9.17, 15) is 4.79 Å². The van der Waals surface area contributed by atoms with Crippen LogP contribution in [0.3, 0.4) is 0 Å². The van der Waals surface area contributed by atoms with E-state index in [1.54, 1.807) is 18.2 Å². The molecule has 1 aromatic carbocycles. The fourth-order valence-corrected chi connectivity index (χ4v) is 1.61. The molecular weight excluding hydrogens is 234 g/mol. The third-order valence-electron chi connectivity index (χ3n) is 1.96. The van der Waals surface area contributed by atoms with E-state index in [-0.39, 0.29) is 12.4 Å². The molecule has 68 valence electrons. The average molecular weight is 242 g/mol. The number of fused-ring (bicyclic) bond motifs is 1. The highest BCUT2D eigenvalue weighted by Gasteiger charge is 2.25. The van der Waals surface area contributed by atoms with Gasteiger partial charge >= 0.3 is 0 Å². The molecule has 0 amide bonds. The molecule has 4 heteroatoms. The van der Waals surface area contributed by atoms with Crippen molar-refractivity contribution in [2.24, 2.45) is 5.73 Å². The monoisotopic (exact) mass is 241 g/mol. The summed E-state index contributed by atoms with van der Waals surface area (Å²) in [7, 11) is 0. The summed E-state index contributed by atoms with van der Waals surface area (Å²) in [5.41, 5.74) is 6.12. The Bertz CT molecular complexity index is 365. The van der Waals surface area contributed by atoms with Gasteiger partial charge in [0.15, 0.2) is 5.78 Å². The summed E-state index contributed by atoms with van der Waals surface area (Å²) in [6, 6.07) is 4.78. The minimum atomic E-state index is -0.520. The summed E-state index contributed by atoms with van der Waals surface area (Å²) in [6.07, 6.45) is 0. The first kappa shape index (κ1) is 8.72. The van der Waals surface area contributed by atoms with Crippen LogP contribution >= 0.6 is 15.9 Å². The quantitative estimate of drug-likeness (QED) is 0.747. The fraction of sp³-hybridized carbons (Fsp3) is 0.222. The van der Waals surface area contributed by atoms with Crippen LogP contribution in [0.5, 0.6) is 5.75 Å². The predicted molar refractivity (Wildman–Crippen MR) is 51.9 cm³/mol. The molecule has 1 heterocycles. The Hall–Kier alpha value is -0.870. The van der Waals surface area contributed by atoms with Gasteiger partial charge in [-0.05, 0) is 18.2 Å². The second-order valence-corrected chi connectivity index (χ2v) is 3.84. The molecule has 0 spiro atoms. The Balaban J connectivity index is 2.50. The van der Waals surface area contributed by atoms with Crippen molar-refractivity contribution in [2.75, 3.05) is 6.61 Å². The van der Waals surface area contributed by atoms with Gasteiger partial charge in [-0.3, -0.25) is 4.79 Å². The molecule has 2 N–H and O–H groups in total. The van der Waals surface area contributed by atoms with Crippen molar-refractivity contribution < 1.29 is 9.53 Å². The Labute approximate surface area is 84.0 Å². The molecule has 0 unspecified atom stereocenters. The summed E-state index contributed by atoms with van der Waals surface area (Å²) < 4.78 is 6.21. The van der Waals surface area contributed by atoms with Crippen molar-refractivity contribution in [3.05, 3.63) is 28.2 Å². The van der Waals surface area contributed by atoms with E-state index in [0.717, 1.165) is 4.47 Å². The highest BCUT2D eigenvalue weighted by Crippen LogP contribution is 2.27. The Morgan fingerprint density at radius 2 is 2.31 bits per heavy atom. The number of benzene rings is 1. The van der Waals surface area contributed by atoms with Gasteiger partial charge in [0.1, 0.15) is 18.4 Å². The second kappa shape index (κ2) is 3.12.